The van der Waals surface area contributed by atoms with Crippen molar-refractivity contribution in [3.05, 3.63) is 35.4 Å². The van der Waals surface area contributed by atoms with Crippen molar-refractivity contribution < 1.29 is 8.78 Å². The second kappa shape index (κ2) is 4.98. The molecule has 68 valence electrons. The van der Waals surface area contributed by atoms with E-state index in [1.165, 1.54) is 12.1 Å². The van der Waals surface area contributed by atoms with Crippen LogP contribution in [0.1, 0.15) is 17.6 Å². The quantitative estimate of drug-likeness (QED) is 0.525. The number of hydrogen-bond donors (Lipinski definition) is 0. The standard InChI is InChI=1S/C10H7BrF2/c11-7-1-2-8-3-5-9(6-4-8)10(12)13/h3-6,10H,7H2. The molecule has 0 saturated carbocycles. The SMILES string of the molecule is FC(F)c1ccc(C#CCBr)cc1. The molecular formula is C10H7BrF2. The molecule has 0 aromatic heterocycles. The van der Waals surface area contributed by atoms with Gasteiger partial charge in [0.1, 0.15) is 0 Å². The molecule has 0 heterocycles. The van der Waals surface area contributed by atoms with Crippen molar-refractivity contribution >= 4 is 15.9 Å². The fourth-order valence-electron chi connectivity index (χ4n) is 0.847. The lowest BCUT2D eigenvalue weighted by Gasteiger charge is -1.97. The molecule has 0 bridgehead atoms. The van der Waals surface area contributed by atoms with Crippen LogP contribution in [0, 0.1) is 11.8 Å². The second-order valence-corrected chi connectivity index (χ2v) is 2.92. The largest absolute Gasteiger partial charge is 0.263 e. The zero-order valence-corrected chi connectivity index (χ0v) is 8.31. The van der Waals surface area contributed by atoms with Crippen molar-refractivity contribution in [3.8, 4) is 11.8 Å². The van der Waals surface area contributed by atoms with Gasteiger partial charge in [-0.05, 0) is 12.1 Å². The van der Waals surface area contributed by atoms with Crippen molar-refractivity contribution in [1.29, 1.82) is 0 Å². The third kappa shape index (κ3) is 3.16. The zero-order valence-electron chi connectivity index (χ0n) is 6.73. The maximum absolute atomic E-state index is 12.1. The van der Waals surface area contributed by atoms with Gasteiger partial charge in [0, 0.05) is 11.1 Å². The minimum atomic E-state index is -2.40. The van der Waals surface area contributed by atoms with Crippen molar-refractivity contribution in [2.24, 2.45) is 0 Å². The molecule has 0 atom stereocenters. The Hall–Kier alpha value is -0.880. The first-order chi connectivity index (χ1) is 6.24. The van der Waals surface area contributed by atoms with Crippen LogP contribution in [0.25, 0.3) is 0 Å². The van der Waals surface area contributed by atoms with E-state index in [1.54, 1.807) is 12.1 Å². The lowest BCUT2D eigenvalue weighted by molar-refractivity contribution is 0.151. The van der Waals surface area contributed by atoms with Crippen LogP contribution in [0.5, 0.6) is 0 Å². The van der Waals surface area contributed by atoms with Crippen molar-refractivity contribution in [2.75, 3.05) is 5.33 Å². The van der Waals surface area contributed by atoms with E-state index in [-0.39, 0.29) is 5.56 Å². The van der Waals surface area contributed by atoms with E-state index in [0.29, 0.717) is 5.33 Å². The summed E-state index contributed by atoms with van der Waals surface area (Å²) < 4.78 is 24.2. The number of benzene rings is 1. The summed E-state index contributed by atoms with van der Waals surface area (Å²) in [6.45, 7) is 0. The molecule has 0 nitrogen and oxygen atoms in total. The normalized spacial score (nSPS) is 9.54. The van der Waals surface area contributed by atoms with Gasteiger partial charge in [-0.3, -0.25) is 0 Å². The molecule has 0 aliphatic rings. The van der Waals surface area contributed by atoms with Crippen molar-refractivity contribution in [3.63, 3.8) is 0 Å². The first kappa shape index (κ1) is 10.2. The van der Waals surface area contributed by atoms with Crippen LogP contribution in [-0.4, -0.2) is 5.33 Å². The zero-order chi connectivity index (χ0) is 9.68. The fraction of sp³-hybridized carbons (Fsp3) is 0.200. The van der Waals surface area contributed by atoms with Crippen molar-refractivity contribution in [1.82, 2.24) is 0 Å². The smallest absolute Gasteiger partial charge is 0.205 e. The maximum Gasteiger partial charge on any atom is 0.263 e. The Balaban J connectivity index is 2.81. The van der Waals surface area contributed by atoms with Gasteiger partial charge in [-0.25, -0.2) is 8.78 Å². The molecule has 1 rings (SSSR count). The Bertz CT molecular complexity index is 319. The van der Waals surface area contributed by atoms with Crippen LogP contribution in [0.2, 0.25) is 0 Å². The monoisotopic (exact) mass is 244 g/mol. The highest BCUT2D eigenvalue weighted by molar-refractivity contribution is 9.09. The van der Waals surface area contributed by atoms with E-state index in [0.717, 1.165) is 5.56 Å². The van der Waals surface area contributed by atoms with E-state index in [1.807, 2.05) is 0 Å². The van der Waals surface area contributed by atoms with Gasteiger partial charge >= 0.3 is 0 Å². The van der Waals surface area contributed by atoms with E-state index in [2.05, 4.69) is 27.8 Å². The fourth-order valence-corrected chi connectivity index (χ4v) is 0.988. The van der Waals surface area contributed by atoms with Gasteiger partial charge < -0.3 is 0 Å². The molecule has 1 aromatic rings. The summed E-state index contributed by atoms with van der Waals surface area (Å²) in [7, 11) is 0. The number of hydrogen-bond acceptors (Lipinski definition) is 0. The van der Waals surface area contributed by atoms with Gasteiger partial charge in [0.2, 0.25) is 0 Å². The van der Waals surface area contributed by atoms with Crippen LogP contribution in [0.4, 0.5) is 8.78 Å². The van der Waals surface area contributed by atoms with E-state index >= 15 is 0 Å². The van der Waals surface area contributed by atoms with E-state index < -0.39 is 6.43 Å². The molecule has 0 aliphatic heterocycles. The predicted octanol–water partition coefficient (Wildman–Crippen LogP) is 3.37. The maximum atomic E-state index is 12.1. The molecule has 0 amide bonds. The molecule has 0 fully saturated rings. The summed E-state index contributed by atoms with van der Waals surface area (Å²) >= 11 is 3.15. The van der Waals surface area contributed by atoms with Gasteiger partial charge in [0.25, 0.3) is 6.43 Å². The lowest BCUT2D eigenvalue weighted by Crippen LogP contribution is -1.83. The number of alkyl halides is 3. The Labute approximate surface area is 84.1 Å². The van der Waals surface area contributed by atoms with Crippen LogP contribution in [0.15, 0.2) is 24.3 Å². The molecule has 0 N–H and O–H groups in total. The Kier molecular flexibility index (Phi) is 3.91. The summed E-state index contributed by atoms with van der Waals surface area (Å²) in [4.78, 5) is 0. The molecule has 0 saturated heterocycles. The highest BCUT2D eigenvalue weighted by Gasteiger charge is 2.04. The molecule has 1 aromatic carbocycles. The highest BCUT2D eigenvalue weighted by atomic mass is 79.9. The first-order valence-corrected chi connectivity index (χ1v) is 4.79. The molecule has 0 aliphatic carbocycles. The third-order valence-corrected chi connectivity index (χ3v) is 1.74. The third-order valence-electron chi connectivity index (χ3n) is 1.46. The van der Waals surface area contributed by atoms with Crippen LogP contribution >= 0.6 is 15.9 Å². The topological polar surface area (TPSA) is 0 Å². The Morgan fingerprint density at radius 2 is 1.85 bits per heavy atom. The molecule has 0 unspecified atom stereocenters. The number of halogens is 3. The van der Waals surface area contributed by atoms with Gasteiger partial charge in [-0.15, -0.1) is 0 Å². The van der Waals surface area contributed by atoms with E-state index in [4.69, 9.17) is 0 Å². The number of rotatable bonds is 1. The summed E-state index contributed by atoms with van der Waals surface area (Å²) in [5.41, 5.74) is 0.785. The second-order valence-electron chi connectivity index (χ2n) is 2.36. The van der Waals surface area contributed by atoms with Gasteiger partial charge in [0.05, 0.1) is 5.33 Å². The summed E-state index contributed by atoms with van der Waals surface area (Å²) in [5.74, 6) is 5.61. The summed E-state index contributed by atoms with van der Waals surface area (Å²) in [6.07, 6.45) is -2.40. The average Bonchev–Trinajstić information content (AvgIpc) is 2.15. The summed E-state index contributed by atoms with van der Waals surface area (Å²) in [6, 6.07) is 5.97. The van der Waals surface area contributed by atoms with E-state index in [9.17, 15) is 8.78 Å². The molecular weight excluding hydrogens is 238 g/mol. The highest BCUT2D eigenvalue weighted by Crippen LogP contribution is 2.18. The summed E-state index contributed by atoms with van der Waals surface area (Å²) in [5, 5.41) is 0.587. The first-order valence-electron chi connectivity index (χ1n) is 3.67. The molecule has 0 radical (unpaired) electrons. The molecule has 13 heavy (non-hydrogen) atoms. The lowest BCUT2D eigenvalue weighted by atomic mass is 10.1. The predicted molar refractivity (Wildman–Crippen MR) is 52.1 cm³/mol. The Morgan fingerprint density at radius 3 is 2.31 bits per heavy atom. The molecule has 3 heteroatoms. The van der Waals surface area contributed by atoms with Crippen LogP contribution in [0.3, 0.4) is 0 Å². The van der Waals surface area contributed by atoms with Gasteiger partial charge in [0.15, 0.2) is 0 Å². The van der Waals surface area contributed by atoms with Crippen LogP contribution < -0.4 is 0 Å². The van der Waals surface area contributed by atoms with Crippen molar-refractivity contribution in [2.45, 2.75) is 6.43 Å². The van der Waals surface area contributed by atoms with Crippen LogP contribution in [-0.2, 0) is 0 Å². The minimum absolute atomic E-state index is 0.0318. The minimum Gasteiger partial charge on any atom is -0.205 e. The van der Waals surface area contributed by atoms with Gasteiger partial charge in [-0.1, -0.05) is 39.9 Å². The van der Waals surface area contributed by atoms with Gasteiger partial charge in [-0.2, -0.15) is 0 Å². The molecule has 0 spiro atoms. The average molecular weight is 245 g/mol. The Morgan fingerprint density at radius 1 is 1.23 bits per heavy atom.